The van der Waals surface area contributed by atoms with Gasteiger partial charge in [-0.05, 0) is 79.4 Å². The molecule has 0 heterocycles. The van der Waals surface area contributed by atoms with Crippen molar-refractivity contribution in [1.29, 1.82) is 0 Å². The number of amides is 2. The van der Waals surface area contributed by atoms with E-state index >= 15 is 0 Å². The number of hydroxylamine groups is 1. The lowest BCUT2D eigenvalue weighted by atomic mass is 10.1. The van der Waals surface area contributed by atoms with Crippen LogP contribution in [0.2, 0.25) is 0 Å². The Morgan fingerprint density at radius 3 is 2.47 bits per heavy atom. The number of aryl methyl sites for hydroxylation is 1. The van der Waals surface area contributed by atoms with Gasteiger partial charge in [0, 0.05) is 31.3 Å². The number of anilines is 2. The van der Waals surface area contributed by atoms with Gasteiger partial charge in [-0.25, -0.2) is 9.59 Å². The van der Waals surface area contributed by atoms with Gasteiger partial charge in [-0.3, -0.25) is 0 Å². The van der Waals surface area contributed by atoms with E-state index in [1.807, 2.05) is 31.2 Å². The second-order valence-corrected chi connectivity index (χ2v) is 10.7. The predicted molar refractivity (Wildman–Crippen MR) is 172 cm³/mol. The van der Waals surface area contributed by atoms with Gasteiger partial charge in [-0.1, -0.05) is 43.2 Å². The van der Waals surface area contributed by atoms with Crippen LogP contribution in [0.25, 0.3) is 0 Å². The van der Waals surface area contributed by atoms with Gasteiger partial charge in [0.25, 0.3) is 0 Å². The van der Waals surface area contributed by atoms with Crippen LogP contribution in [-0.4, -0.2) is 60.2 Å². The maximum absolute atomic E-state index is 12.9. The number of nitrogens with one attached hydrogen (secondary N) is 2. The first kappa shape index (κ1) is 35.5. The molecule has 3 rings (SSSR count). The average Bonchev–Trinajstić information content (AvgIpc) is 3.02. The zero-order chi connectivity index (χ0) is 32.4. The van der Waals surface area contributed by atoms with Gasteiger partial charge < -0.3 is 40.3 Å². The monoisotopic (exact) mass is 623 g/mol. The van der Waals surface area contributed by atoms with Crippen LogP contribution < -0.4 is 15.7 Å². The molecule has 0 saturated heterocycles. The van der Waals surface area contributed by atoms with E-state index in [2.05, 4.69) is 10.6 Å². The molecule has 0 saturated carbocycles. The lowest BCUT2D eigenvalue weighted by molar-refractivity contribution is -0.141. The number of phenols is 1. The highest BCUT2D eigenvalue weighted by molar-refractivity contribution is 6.01. The van der Waals surface area contributed by atoms with Crippen molar-refractivity contribution in [2.45, 2.75) is 58.8 Å². The molecule has 0 bridgehead atoms. The number of benzene rings is 3. The van der Waals surface area contributed by atoms with E-state index in [1.54, 1.807) is 36.4 Å². The summed E-state index contributed by atoms with van der Waals surface area (Å²) in [4.78, 5) is 29.8. The molecule has 5 N–H and O–H groups in total. The molecule has 0 fully saturated rings. The fraction of sp³-hybridized carbons (Fsp3) is 0.412. The van der Waals surface area contributed by atoms with E-state index < -0.39 is 18.1 Å². The molecule has 244 valence electrons. The highest BCUT2D eigenvalue weighted by Crippen LogP contribution is 2.23. The molecule has 3 aromatic carbocycles. The Labute approximate surface area is 264 Å². The number of rotatable bonds is 18. The summed E-state index contributed by atoms with van der Waals surface area (Å²) in [6, 6.07) is 18.5. The Morgan fingerprint density at radius 2 is 1.69 bits per heavy atom. The molecule has 0 aliphatic rings. The lowest BCUT2D eigenvalue weighted by Crippen LogP contribution is -2.36. The number of hydrogen-bond donors (Lipinski definition) is 5. The number of carbonyl (C=O) groups is 2. The second kappa shape index (κ2) is 19.4. The number of aliphatic hydroxyl groups is 2. The van der Waals surface area contributed by atoms with E-state index in [1.165, 1.54) is 13.0 Å². The smallest absolute Gasteiger partial charge is 0.359 e. The first-order valence-electron chi connectivity index (χ1n) is 15.2. The second-order valence-electron chi connectivity index (χ2n) is 10.7. The van der Waals surface area contributed by atoms with Gasteiger partial charge in [0.05, 0.1) is 38.2 Å². The van der Waals surface area contributed by atoms with Gasteiger partial charge in [0.1, 0.15) is 5.75 Å². The minimum Gasteiger partial charge on any atom is -0.508 e. The van der Waals surface area contributed by atoms with Crippen molar-refractivity contribution in [2.24, 2.45) is 0 Å². The minimum atomic E-state index is -0.707. The fourth-order valence-electron chi connectivity index (χ4n) is 4.52. The van der Waals surface area contributed by atoms with Crippen molar-refractivity contribution in [3.63, 3.8) is 0 Å². The third-order valence-electron chi connectivity index (χ3n) is 6.85. The number of unbranched alkanes of at least 4 members (excludes halogenated alkanes) is 3. The van der Waals surface area contributed by atoms with Crippen LogP contribution in [0.5, 0.6) is 5.75 Å². The van der Waals surface area contributed by atoms with E-state index in [0.29, 0.717) is 55.5 Å². The van der Waals surface area contributed by atoms with E-state index in [9.17, 15) is 24.9 Å². The normalized spacial score (nSPS) is 11.6. The van der Waals surface area contributed by atoms with Crippen LogP contribution in [0.15, 0.2) is 66.7 Å². The maximum atomic E-state index is 12.9. The average molecular weight is 624 g/mol. The molecule has 0 aliphatic carbocycles. The summed E-state index contributed by atoms with van der Waals surface area (Å²) in [6.45, 7) is 5.90. The molecule has 45 heavy (non-hydrogen) atoms. The molecule has 11 nitrogen and oxygen atoms in total. The number of hydrogen-bond acceptors (Lipinski definition) is 9. The third kappa shape index (κ3) is 12.9. The fourth-order valence-corrected chi connectivity index (χ4v) is 4.52. The summed E-state index contributed by atoms with van der Waals surface area (Å²) in [5.41, 5.74) is 3.84. The number of nitrogens with zero attached hydrogens (tertiary/aromatic N) is 1. The summed E-state index contributed by atoms with van der Waals surface area (Å²) in [5, 5.41) is 36.1. The zero-order valence-corrected chi connectivity index (χ0v) is 26.0. The number of ether oxygens (including phenoxy) is 2. The molecule has 0 spiro atoms. The van der Waals surface area contributed by atoms with Crippen molar-refractivity contribution >= 4 is 23.4 Å². The van der Waals surface area contributed by atoms with E-state index in [4.69, 9.17) is 14.3 Å². The largest absolute Gasteiger partial charge is 0.508 e. The molecule has 3 aromatic rings. The van der Waals surface area contributed by atoms with Crippen LogP contribution in [0.4, 0.5) is 16.2 Å². The van der Waals surface area contributed by atoms with Gasteiger partial charge in [-0.15, -0.1) is 5.06 Å². The summed E-state index contributed by atoms with van der Waals surface area (Å²) >= 11 is 0. The molecular formula is C34H45N3O8. The van der Waals surface area contributed by atoms with Gasteiger partial charge >= 0.3 is 12.0 Å². The molecule has 2 amide bonds. The molecule has 0 aromatic heterocycles. The predicted octanol–water partition coefficient (Wildman–Crippen LogP) is 5.13. The summed E-state index contributed by atoms with van der Waals surface area (Å²) in [5.74, 6) is -0.599. The first-order chi connectivity index (χ1) is 21.8. The summed E-state index contributed by atoms with van der Waals surface area (Å²) in [6.07, 6.45) is 3.29. The van der Waals surface area contributed by atoms with Crippen LogP contribution in [0, 0.1) is 6.92 Å². The number of aromatic hydroxyl groups is 1. The van der Waals surface area contributed by atoms with Crippen molar-refractivity contribution in [3.05, 3.63) is 89.0 Å². The highest BCUT2D eigenvalue weighted by Gasteiger charge is 2.20. The highest BCUT2D eigenvalue weighted by atomic mass is 16.7. The molecular weight excluding hydrogens is 578 g/mol. The van der Waals surface area contributed by atoms with Gasteiger partial charge in [0.15, 0.2) is 0 Å². The van der Waals surface area contributed by atoms with Crippen molar-refractivity contribution in [1.82, 2.24) is 5.32 Å². The first-order valence-corrected chi connectivity index (χ1v) is 15.2. The molecule has 0 aliphatic heterocycles. The van der Waals surface area contributed by atoms with E-state index in [-0.39, 0.29) is 12.4 Å². The minimum absolute atomic E-state index is 0.0209. The van der Waals surface area contributed by atoms with Crippen LogP contribution in [-0.2, 0) is 32.3 Å². The molecule has 11 heteroatoms. The van der Waals surface area contributed by atoms with Crippen molar-refractivity contribution < 1.29 is 39.2 Å². The van der Waals surface area contributed by atoms with Crippen LogP contribution in [0.3, 0.4) is 0 Å². The molecule has 0 radical (unpaired) electrons. The Morgan fingerprint density at radius 1 is 0.911 bits per heavy atom. The molecule has 1 atom stereocenters. The van der Waals surface area contributed by atoms with E-state index in [0.717, 1.165) is 48.4 Å². The third-order valence-corrected chi connectivity index (χ3v) is 6.85. The topological polar surface area (TPSA) is 150 Å². The van der Waals surface area contributed by atoms with Crippen molar-refractivity contribution in [3.8, 4) is 5.75 Å². The Balaban J connectivity index is 1.26. The van der Waals surface area contributed by atoms with Crippen LogP contribution >= 0.6 is 0 Å². The standard InChI is InChI=1S/C34H45N3O8/c1-25-9-7-11-30(19-25)36-34(42)37(45-26(2)39)31-12-8-10-27(20-31)24-44-18-17-43-16-6-4-3-5-15-35-22-33(41)28-13-14-32(40)29(21-28)23-38/h7-14,19-21,33,35,38,40-41H,3-6,15-18,22-24H2,1-2H3,(H,36,42)/t33-/m1/s1. The SMILES string of the molecule is CC(=O)ON(C(=O)Nc1cccc(C)c1)c1cccc(COCCOCCCCCCNC[C@@H](O)c2ccc(O)c(CO)c2)c1. The zero-order valence-electron chi connectivity index (χ0n) is 26.0. The molecule has 0 unspecified atom stereocenters. The van der Waals surface area contributed by atoms with Crippen molar-refractivity contribution in [2.75, 3.05) is 43.3 Å². The quantitative estimate of drug-likeness (QED) is 0.0960. The van der Waals surface area contributed by atoms with Gasteiger partial charge in [0.2, 0.25) is 0 Å². The summed E-state index contributed by atoms with van der Waals surface area (Å²) < 4.78 is 11.4. The number of aliphatic hydroxyl groups excluding tert-OH is 2. The van der Waals surface area contributed by atoms with Crippen LogP contribution in [0.1, 0.15) is 61.0 Å². The maximum Gasteiger partial charge on any atom is 0.359 e. The Bertz CT molecular complexity index is 1350. The Kier molecular flexibility index (Phi) is 15.3. The lowest BCUT2D eigenvalue weighted by Gasteiger charge is -2.21. The van der Waals surface area contributed by atoms with Gasteiger partial charge in [-0.2, -0.15) is 0 Å². The summed E-state index contributed by atoms with van der Waals surface area (Å²) in [7, 11) is 0. The number of urea groups is 1. The Hall–Kier alpha value is -4.00. The number of carbonyl (C=O) groups excluding carboxylic acids is 2.